The van der Waals surface area contributed by atoms with Crippen molar-refractivity contribution in [2.45, 2.75) is 32.7 Å². The standard InChI is InChI=1S/C11H26N4O2S/c1-3-11(5-6-12)14-7-9-15(10-8-14)18(16,17)13-4-2/h11,13H,3-10,12H2,1-2H3. The maximum absolute atomic E-state index is 11.8. The van der Waals surface area contributed by atoms with Gasteiger partial charge in [-0.25, -0.2) is 4.72 Å². The Morgan fingerprint density at radius 1 is 1.22 bits per heavy atom. The first-order valence-electron chi connectivity index (χ1n) is 6.74. The van der Waals surface area contributed by atoms with Crippen LogP contribution in [0.3, 0.4) is 0 Å². The lowest BCUT2D eigenvalue weighted by Gasteiger charge is -2.38. The lowest BCUT2D eigenvalue weighted by Crippen LogP contribution is -2.54. The van der Waals surface area contributed by atoms with Crippen LogP contribution < -0.4 is 10.5 Å². The van der Waals surface area contributed by atoms with E-state index in [9.17, 15) is 8.42 Å². The van der Waals surface area contributed by atoms with Crippen LogP contribution in [-0.2, 0) is 10.2 Å². The summed E-state index contributed by atoms with van der Waals surface area (Å²) in [6.07, 6.45) is 2.05. The van der Waals surface area contributed by atoms with Crippen LogP contribution in [0.15, 0.2) is 0 Å². The molecule has 0 aromatic heterocycles. The zero-order chi connectivity index (χ0) is 13.6. The number of nitrogens with one attached hydrogen (secondary N) is 1. The first kappa shape index (κ1) is 15.8. The van der Waals surface area contributed by atoms with Crippen LogP contribution in [0.1, 0.15) is 26.7 Å². The highest BCUT2D eigenvalue weighted by atomic mass is 32.2. The summed E-state index contributed by atoms with van der Waals surface area (Å²) >= 11 is 0. The SMILES string of the molecule is CCNS(=O)(=O)N1CCN(C(CC)CCN)CC1. The van der Waals surface area contributed by atoms with Crippen molar-refractivity contribution in [1.29, 1.82) is 0 Å². The molecule has 3 N–H and O–H groups in total. The van der Waals surface area contributed by atoms with E-state index in [0.717, 1.165) is 25.9 Å². The molecule has 1 fully saturated rings. The fraction of sp³-hybridized carbons (Fsp3) is 1.00. The molecule has 1 unspecified atom stereocenters. The average molecular weight is 278 g/mol. The summed E-state index contributed by atoms with van der Waals surface area (Å²) in [6, 6.07) is 0.485. The van der Waals surface area contributed by atoms with Gasteiger partial charge in [-0.2, -0.15) is 12.7 Å². The van der Waals surface area contributed by atoms with Gasteiger partial charge < -0.3 is 5.73 Å². The highest BCUT2D eigenvalue weighted by Crippen LogP contribution is 2.13. The summed E-state index contributed by atoms with van der Waals surface area (Å²) in [5.74, 6) is 0. The normalized spacial score (nSPS) is 21.1. The zero-order valence-electron chi connectivity index (χ0n) is 11.4. The van der Waals surface area contributed by atoms with Gasteiger partial charge in [0.2, 0.25) is 0 Å². The molecule has 0 saturated carbocycles. The average Bonchev–Trinajstić information content (AvgIpc) is 2.36. The van der Waals surface area contributed by atoms with Gasteiger partial charge in [-0.1, -0.05) is 13.8 Å². The molecule has 0 amide bonds. The van der Waals surface area contributed by atoms with E-state index in [1.807, 2.05) is 0 Å². The molecule has 1 rings (SSSR count). The molecule has 0 bridgehead atoms. The van der Waals surface area contributed by atoms with Crippen LogP contribution in [0, 0.1) is 0 Å². The van der Waals surface area contributed by atoms with Crippen molar-refractivity contribution in [2.75, 3.05) is 39.3 Å². The molecule has 1 atom stereocenters. The molecule has 0 aromatic rings. The van der Waals surface area contributed by atoms with Crippen molar-refractivity contribution in [3.63, 3.8) is 0 Å². The molecule has 0 aliphatic carbocycles. The van der Waals surface area contributed by atoms with Crippen LogP contribution in [0.2, 0.25) is 0 Å². The molecule has 0 aromatic carbocycles. The number of piperazine rings is 1. The summed E-state index contributed by atoms with van der Waals surface area (Å²) in [5.41, 5.74) is 5.60. The van der Waals surface area contributed by atoms with Crippen LogP contribution in [-0.4, -0.2) is 62.9 Å². The van der Waals surface area contributed by atoms with E-state index in [4.69, 9.17) is 5.73 Å². The molecule has 1 aliphatic heterocycles. The lowest BCUT2D eigenvalue weighted by atomic mass is 10.1. The van der Waals surface area contributed by atoms with Gasteiger partial charge in [0.1, 0.15) is 0 Å². The number of nitrogens with zero attached hydrogens (tertiary/aromatic N) is 2. The van der Waals surface area contributed by atoms with Gasteiger partial charge in [0.05, 0.1) is 0 Å². The maximum atomic E-state index is 11.8. The molecule has 18 heavy (non-hydrogen) atoms. The fourth-order valence-corrected chi connectivity index (χ4v) is 3.61. The van der Waals surface area contributed by atoms with E-state index in [0.29, 0.717) is 32.2 Å². The molecule has 1 saturated heterocycles. The van der Waals surface area contributed by atoms with Gasteiger partial charge >= 0.3 is 0 Å². The third kappa shape index (κ3) is 4.17. The molecule has 7 heteroatoms. The van der Waals surface area contributed by atoms with Crippen molar-refractivity contribution >= 4 is 10.2 Å². The van der Waals surface area contributed by atoms with Crippen molar-refractivity contribution in [3.05, 3.63) is 0 Å². The number of hydrogen-bond acceptors (Lipinski definition) is 4. The topological polar surface area (TPSA) is 78.7 Å². The Hall–Kier alpha value is -0.210. The Bertz CT molecular complexity index is 326. The van der Waals surface area contributed by atoms with Crippen LogP contribution in [0.4, 0.5) is 0 Å². The van der Waals surface area contributed by atoms with Gasteiger partial charge in [-0.15, -0.1) is 0 Å². The highest BCUT2D eigenvalue weighted by molar-refractivity contribution is 7.87. The van der Waals surface area contributed by atoms with E-state index >= 15 is 0 Å². The van der Waals surface area contributed by atoms with Crippen molar-refractivity contribution in [1.82, 2.24) is 13.9 Å². The Balaban J connectivity index is 2.50. The van der Waals surface area contributed by atoms with E-state index in [1.165, 1.54) is 4.31 Å². The predicted octanol–water partition coefficient (Wildman–Crippen LogP) is -0.414. The van der Waals surface area contributed by atoms with E-state index in [1.54, 1.807) is 6.92 Å². The summed E-state index contributed by atoms with van der Waals surface area (Å²) in [6.45, 7) is 7.80. The van der Waals surface area contributed by atoms with Crippen molar-refractivity contribution in [2.24, 2.45) is 5.73 Å². The zero-order valence-corrected chi connectivity index (χ0v) is 12.2. The summed E-state index contributed by atoms with van der Waals surface area (Å²) in [5, 5.41) is 0. The van der Waals surface area contributed by atoms with Gasteiger partial charge in [0.15, 0.2) is 0 Å². The molecule has 6 nitrogen and oxygen atoms in total. The molecule has 1 aliphatic rings. The lowest BCUT2D eigenvalue weighted by molar-refractivity contribution is 0.128. The van der Waals surface area contributed by atoms with E-state index in [-0.39, 0.29) is 0 Å². The van der Waals surface area contributed by atoms with E-state index in [2.05, 4.69) is 16.5 Å². The minimum Gasteiger partial charge on any atom is -0.330 e. The number of hydrogen-bond donors (Lipinski definition) is 2. The number of nitrogens with two attached hydrogens (primary N) is 1. The van der Waals surface area contributed by atoms with Crippen LogP contribution in [0.25, 0.3) is 0 Å². The van der Waals surface area contributed by atoms with Crippen LogP contribution in [0.5, 0.6) is 0 Å². The van der Waals surface area contributed by atoms with Crippen molar-refractivity contribution < 1.29 is 8.42 Å². The Kier molecular flexibility index (Phi) is 6.51. The molecule has 108 valence electrons. The third-order valence-electron chi connectivity index (χ3n) is 3.43. The summed E-state index contributed by atoms with van der Waals surface area (Å²) in [7, 11) is -3.27. The fourth-order valence-electron chi connectivity index (χ4n) is 2.42. The summed E-state index contributed by atoms with van der Waals surface area (Å²) in [4.78, 5) is 2.35. The molecule has 0 spiro atoms. The Morgan fingerprint density at radius 3 is 2.28 bits per heavy atom. The monoisotopic (exact) mass is 278 g/mol. The van der Waals surface area contributed by atoms with Gasteiger partial charge in [0.25, 0.3) is 10.2 Å². The second-order valence-corrected chi connectivity index (χ2v) is 6.33. The first-order valence-corrected chi connectivity index (χ1v) is 8.18. The van der Waals surface area contributed by atoms with Gasteiger partial charge in [-0.3, -0.25) is 4.90 Å². The summed E-state index contributed by atoms with van der Waals surface area (Å²) < 4.78 is 27.7. The van der Waals surface area contributed by atoms with E-state index < -0.39 is 10.2 Å². The third-order valence-corrected chi connectivity index (χ3v) is 5.13. The van der Waals surface area contributed by atoms with Gasteiger partial charge in [0, 0.05) is 38.8 Å². The predicted molar refractivity (Wildman–Crippen MR) is 73.5 cm³/mol. The minimum atomic E-state index is -3.27. The van der Waals surface area contributed by atoms with Crippen molar-refractivity contribution in [3.8, 4) is 0 Å². The maximum Gasteiger partial charge on any atom is 0.279 e. The Morgan fingerprint density at radius 2 is 1.83 bits per heavy atom. The second-order valence-electron chi connectivity index (χ2n) is 4.58. The molecule has 0 radical (unpaired) electrons. The number of rotatable bonds is 7. The molecule has 1 heterocycles. The smallest absolute Gasteiger partial charge is 0.279 e. The largest absolute Gasteiger partial charge is 0.330 e. The van der Waals surface area contributed by atoms with Gasteiger partial charge in [-0.05, 0) is 19.4 Å². The first-order chi connectivity index (χ1) is 8.55. The quantitative estimate of drug-likeness (QED) is 0.663. The minimum absolute atomic E-state index is 0.438. The second kappa shape index (κ2) is 7.40. The van der Waals surface area contributed by atoms with Crippen LogP contribution >= 0.6 is 0 Å². The molecular weight excluding hydrogens is 252 g/mol. The molecular formula is C11H26N4O2S. The highest BCUT2D eigenvalue weighted by Gasteiger charge is 2.28. The Labute approximate surface area is 111 Å².